The van der Waals surface area contributed by atoms with Gasteiger partial charge in [-0.1, -0.05) is 46.6 Å². The van der Waals surface area contributed by atoms with Crippen molar-refractivity contribution in [3.05, 3.63) is 63.9 Å². The van der Waals surface area contributed by atoms with E-state index in [1.54, 1.807) is 18.2 Å². The molecule has 106 valence electrons. The van der Waals surface area contributed by atoms with Crippen LogP contribution >= 0.6 is 23.2 Å². The Bertz CT molecular complexity index is 786. The molecule has 0 aliphatic carbocycles. The molecule has 0 saturated carbocycles. The summed E-state index contributed by atoms with van der Waals surface area (Å²) in [6.07, 6.45) is 0.506. The van der Waals surface area contributed by atoms with Gasteiger partial charge in [0.15, 0.2) is 5.82 Å². The molecule has 4 nitrogen and oxygen atoms in total. The molecule has 0 spiro atoms. The van der Waals surface area contributed by atoms with Crippen LogP contribution in [0.15, 0.2) is 47.0 Å². The predicted octanol–water partition coefficient (Wildman–Crippen LogP) is 4.22. The zero-order valence-corrected chi connectivity index (χ0v) is 12.4. The standard InChI is InChI=1S/C15H11Cl2N3O/c16-11-4-2-1-3-9(11)8-14-19-15(21-20-14)10-5-6-13(18)12(17)7-10/h1-7H,8,18H2. The second-order valence-electron chi connectivity index (χ2n) is 4.52. The summed E-state index contributed by atoms with van der Waals surface area (Å²) >= 11 is 12.1. The summed E-state index contributed by atoms with van der Waals surface area (Å²) in [5, 5.41) is 5.10. The molecule has 1 aromatic heterocycles. The average Bonchev–Trinajstić information content (AvgIpc) is 2.93. The highest BCUT2D eigenvalue weighted by Crippen LogP contribution is 2.26. The molecule has 2 N–H and O–H groups in total. The van der Waals surface area contributed by atoms with Crippen LogP contribution in [0.5, 0.6) is 0 Å². The number of nitrogens with zero attached hydrogens (tertiary/aromatic N) is 2. The van der Waals surface area contributed by atoms with Gasteiger partial charge in [0.2, 0.25) is 0 Å². The first-order valence-corrected chi connectivity index (χ1v) is 7.00. The molecular formula is C15H11Cl2N3O. The first-order chi connectivity index (χ1) is 10.1. The Morgan fingerprint density at radius 2 is 1.86 bits per heavy atom. The van der Waals surface area contributed by atoms with Crippen LogP contribution in [0.25, 0.3) is 11.5 Å². The van der Waals surface area contributed by atoms with E-state index < -0.39 is 0 Å². The van der Waals surface area contributed by atoms with Crippen molar-refractivity contribution in [3.63, 3.8) is 0 Å². The van der Waals surface area contributed by atoms with Crippen LogP contribution in [0.1, 0.15) is 11.4 Å². The zero-order chi connectivity index (χ0) is 14.8. The van der Waals surface area contributed by atoms with Gasteiger partial charge < -0.3 is 10.3 Å². The Hall–Kier alpha value is -2.04. The van der Waals surface area contributed by atoms with Gasteiger partial charge in [0.25, 0.3) is 5.89 Å². The largest absolute Gasteiger partial charge is 0.398 e. The van der Waals surface area contributed by atoms with Gasteiger partial charge in [-0.15, -0.1) is 0 Å². The lowest BCUT2D eigenvalue weighted by Gasteiger charge is -1.99. The lowest BCUT2D eigenvalue weighted by molar-refractivity contribution is 0.424. The quantitative estimate of drug-likeness (QED) is 0.734. The van der Waals surface area contributed by atoms with Gasteiger partial charge in [-0.3, -0.25) is 0 Å². The first-order valence-electron chi connectivity index (χ1n) is 6.25. The first kappa shape index (κ1) is 13.9. The van der Waals surface area contributed by atoms with Crippen molar-refractivity contribution in [2.45, 2.75) is 6.42 Å². The smallest absolute Gasteiger partial charge is 0.257 e. The summed E-state index contributed by atoms with van der Waals surface area (Å²) in [7, 11) is 0. The Kier molecular flexibility index (Phi) is 3.82. The highest BCUT2D eigenvalue weighted by Gasteiger charge is 2.11. The van der Waals surface area contributed by atoms with Crippen LogP contribution in [0.3, 0.4) is 0 Å². The molecule has 0 atom stereocenters. The van der Waals surface area contributed by atoms with E-state index in [2.05, 4.69) is 10.1 Å². The minimum atomic E-state index is 0.402. The predicted molar refractivity (Wildman–Crippen MR) is 83.4 cm³/mol. The maximum Gasteiger partial charge on any atom is 0.257 e. The van der Waals surface area contributed by atoms with Crippen molar-refractivity contribution in [3.8, 4) is 11.5 Å². The molecule has 0 bridgehead atoms. The van der Waals surface area contributed by atoms with Crippen molar-refractivity contribution < 1.29 is 4.52 Å². The molecule has 6 heteroatoms. The van der Waals surface area contributed by atoms with E-state index in [-0.39, 0.29) is 0 Å². The summed E-state index contributed by atoms with van der Waals surface area (Å²) in [5.41, 5.74) is 7.86. The normalized spacial score (nSPS) is 10.8. The third-order valence-electron chi connectivity index (χ3n) is 3.02. The Balaban J connectivity index is 1.86. The fourth-order valence-corrected chi connectivity index (χ4v) is 2.30. The van der Waals surface area contributed by atoms with Crippen LogP contribution in [0.4, 0.5) is 5.69 Å². The number of hydrogen-bond donors (Lipinski definition) is 1. The van der Waals surface area contributed by atoms with E-state index in [4.69, 9.17) is 33.5 Å². The topological polar surface area (TPSA) is 64.9 Å². The highest BCUT2D eigenvalue weighted by atomic mass is 35.5. The number of nitrogens with two attached hydrogens (primary N) is 1. The van der Waals surface area contributed by atoms with E-state index in [1.807, 2.05) is 24.3 Å². The van der Waals surface area contributed by atoms with E-state index in [9.17, 15) is 0 Å². The van der Waals surface area contributed by atoms with Gasteiger partial charge in [-0.25, -0.2) is 0 Å². The lowest BCUT2D eigenvalue weighted by atomic mass is 10.1. The second kappa shape index (κ2) is 5.76. The van der Waals surface area contributed by atoms with E-state index >= 15 is 0 Å². The second-order valence-corrected chi connectivity index (χ2v) is 5.33. The van der Waals surface area contributed by atoms with Crippen molar-refractivity contribution in [1.29, 1.82) is 0 Å². The van der Waals surface area contributed by atoms with Crippen LogP contribution in [-0.2, 0) is 6.42 Å². The molecule has 0 radical (unpaired) electrons. The molecule has 3 rings (SSSR count). The molecule has 0 fully saturated rings. The summed E-state index contributed by atoms with van der Waals surface area (Å²) in [6.45, 7) is 0. The Morgan fingerprint density at radius 1 is 1.05 bits per heavy atom. The summed E-state index contributed by atoms with van der Waals surface area (Å²) < 4.78 is 5.25. The minimum absolute atomic E-state index is 0.402. The van der Waals surface area contributed by atoms with Gasteiger partial charge in [-0.2, -0.15) is 4.98 Å². The van der Waals surface area contributed by atoms with Crippen LogP contribution < -0.4 is 5.73 Å². The third-order valence-corrected chi connectivity index (χ3v) is 3.72. The fraction of sp³-hybridized carbons (Fsp3) is 0.0667. The number of rotatable bonds is 3. The van der Waals surface area contributed by atoms with Crippen molar-refractivity contribution >= 4 is 28.9 Å². The summed E-state index contributed by atoms with van der Waals surface area (Å²) in [5.74, 6) is 0.963. The van der Waals surface area contributed by atoms with Crippen LogP contribution in [0.2, 0.25) is 10.0 Å². The van der Waals surface area contributed by atoms with E-state index in [1.165, 1.54) is 0 Å². The number of halogens is 2. The lowest BCUT2D eigenvalue weighted by Crippen LogP contribution is -1.92. The molecule has 0 saturated heterocycles. The van der Waals surface area contributed by atoms with Gasteiger partial charge in [0.05, 0.1) is 10.7 Å². The average molecular weight is 320 g/mol. The van der Waals surface area contributed by atoms with E-state index in [0.717, 1.165) is 11.1 Å². The van der Waals surface area contributed by atoms with Gasteiger partial charge in [0.1, 0.15) is 0 Å². The monoisotopic (exact) mass is 319 g/mol. The van der Waals surface area contributed by atoms with Gasteiger partial charge >= 0.3 is 0 Å². The Morgan fingerprint density at radius 3 is 2.62 bits per heavy atom. The highest BCUT2D eigenvalue weighted by molar-refractivity contribution is 6.33. The molecule has 0 aliphatic heterocycles. The molecule has 2 aromatic carbocycles. The molecule has 0 unspecified atom stereocenters. The van der Waals surface area contributed by atoms with Gasteiger partial charge in [0, 0.05) is 17.0 Å². The SMILES string of the molecule is Nc1ccc(-c2nc(Cc3ccccc3Cl)no2)cc1Cl. The number of nitrogen functional groups attached to an aromatic ring is 1. The third kappa shape index (κ3) is 3.01. The number of benzene rings is 2. The number of hydrogen-bond acceptors (Lipinski definition) is 4. The maximum absolute atomic E-state index is 6.12. The van der Waals surface area contributed by atoms with Crippen LogP contribution in [0, 0.1) is 0 Å². The number of aromatic nitrogens is 2. The summed E-state index contributed by atoms with van der Waals surface area (Å²) in [6, 6.07) is 12.7. The maximum atomic E-state index is 6.12. The molecule has 21 heavy (non-hydrogen) atoms. The van der Waals surface area contributed by atoms with Crippen molar-refractivity contribution in [1.82, 2.24) is 10.1 Å². The van der Waals surface area contributed by atoms with Crippen LogP contribution in [-0.4, -0.2) is 10.1 Å². The molecule has 1 heterocycles. The zero-order valence-electron chi connectivity index (χ0n) is 10.9. The summed E-state index contributed by atoms with van der Waals surface area (Å²) in [4.78, 5) is 4.35. The molecule has 3 aromatic rings. The Labute approximate surface area is 131 Å². The number of anilines is 1. The molecular weight excluding hydrogens is 309 g/mol. The molecule has 0 amide bonds. The van der Waals surface area contributed by atoms with Crippen molar-refractivity contribution in [2.24, 2.45) is 0 Å². The fourth-order valence-electron chi connectivity index (χ4n) is 1.92. The van der Waals surface area contributed by atoms with E-state index in [0.29, 0.717) is 33.9 Å². The van der Waals surface area contributed by atoms with Gasteiger partial charge in [-0.05, 0) is 29.8 Å². The molecule has 0 aliphatic rings. The minimum Gasteiger partial charge on any atom is -0.398 e. The van der Waals surface area contributed by atoms with Crippen molar-refractivity contribution in [2.75, 3.05) is 5.73 Å².